The fourth-order valence-corrected chi connectivity index (χ4v) is 2.25. The number of ketones is 1. The van der Waals surface area contributed by atoms with E-state index in [2.05, 4.69) is 25.2 Å². The molecule has 0 aliphatic rings. The van der Waals surface area contributed by atoms with E-state index in [0.717, 1.165) is 11.4 Å². The molecular formula is C19H21NO. The number of benzene rings is 2. The van der Waals surface area contributed by atoms with Gasteiger partial charge in [0.1, 0.15) is 0 Å². The van der Waals surface area contributed by atoms with Gasteiger partial charge in [-0.05, 0) is 24.5 Å². The Labute approximate surface area is 126 Å². The summed E-state index contributed by atoms with van der Waals surface area (Å²) in [6, 6.07) is 17.5. The van der Waals surface area contributed by atoms with Crippen LogP contribution in [0.2, 0.25) is 0 Å². The van der Waals surface area contributed by atoms with Crippen molar-refractivity contribution < 1.29 is 4.79 Å². The lowest BCUT2D eigenvalue weighted by Crippen LogP contribution is -2.04. The molecule has 2 aromatic rings. The predicted octanol–water partition coefficient (Wildman–Crippen LogP) is 5.01. The van der Waals surface area contributed by atoms with Crippen molar-refractivity contribution in [1.82, 2.24) is 0 Å². The molecule has 0 fully saturated rings. The lowest BCUT2D eigenvalue weighted by molar-refractivity contribution is 0.104. The number of allylic oxidation sites excluding steroid dienone is 2. The Bertz CT molecular complexity index is 642. The summed E-state index contributed by atoms with van der Waals surface area (Å²) in [7, 11) is 0. The molecule has 0 aliphatic heterocycles. The maximum absolute atomic E-state index is 12.1. The molecule has 0 amide bonds. The molecule has 2 rings (SSSR count). The van der Waals surface area contributed by atoms with E-state index in [0.29, 0.717) is 11.5 Å². The highest BCUT2D eigenvalue weighted by Crippen LogP contribution is 2.24. The van der Waals surface area contributed by atoms with Gasteiger partial charge in [0.25, 0.3) is 0 Å². The molecular weight excluding hydrogens is 258 g/mol. The molecule has 2 nitrogen and oxygen atoms in total. The zero-order valence-corrected chi connectivity index (χ0v) is 12.8. The van der Waals surface area contributed by atoms with Crippen molar-refractivity contribution in [2.75, 3.05) is 5.32 Å². The molecule has 0 heterocycles. The summed E-state index contributed by atoms with van der Waals surface area (Å²) in [5.41, 5.74) is 3.85. The number of nitrogens with one attached hydrogen (secondary N) is 1. The van der Waals surface area contributed by atoms with Gasteiger partial charge in [0.2, 0.25) is 0 Å². The Morgan fingerprint density at radius 3 is 2.29 bits per heavy atom. The van der Waals surface area contributed by atoms with E-state index in [4.69, 9.17) is 0 Å². The Balaban J connectivity index is 2.17. The van der Waals surface area contributed by atoms with E-state index >= 15 is 0 Å². The SMILES string of the molecule is CC(=CC(=O)c1ccccc1)Nc1ccccc1C(C)C. The van der Waals surface area contributed by atoms with Crippen LogP contribution in [0.25, 0.3) is 0 Å². The van der Waals surface area contributed by atoms with Crippen LogP contribution in [0, 0.1) is 0 Å². The topological polar surface area (TPSA) is 29.1 Å². The summed E-state index contributed by atoms with van der Waals surface area (Å²) in [4.78, 5) is 12.1. The van der Waals surface area contributed by atoms with Crippen molar-refractivity contribution in [2.45, 2.75) is 26.7 Å². The van der Waals surface area contributed by atoms with Gasteiger partial charge < -0.3 is 5.32 Å². The van der Waals surface area contributed by atoms with Gasteiger partial charge in [0.15, 0.2) is 5.78 Å². The number of carbonyl (C=O) groups excluding carboxylic acids is 1. The molecule has 2 heteroatoms. The number of hydrogen-bond acceptors (Lipinski definition) is 2. The first-order valence-corrected chi connectivity index (χ1v) is 7.21. The van der Waals surface area contributed by atoms with Crippen LogP contribution in [0.4, 0.5) is 5.69 Å². The first kappa shape index (κ1) is 15.0. The highest BCUT2D eigenvalue weighted by molar-refractivity contribution is 6.05. The van der Waals surface area contributed by atoms with E-state index in [9.17, 15) is 4.79 Å². The molecule has 1 N–H and O–H groups in total. The minimum atomic E-state index is 0.0163. The molecule has 0 saturated carbocycles. The summed E-state index contributed by atoms with van der Waals surface area (Å²) in [5.74, 6) is 0.453. The van der Waals surface area contributed by atoms with Gasteiger partial charge in [-0.2, -0.15) is 0 Å². The summed E-state index contributed by atoms with van der Waals surface area (Å²) in [6.45, 7) is 6.24. The summed E-state index contributed by atoms with van der Waals surface area (Å²) >= 11 is 0. The zero-order valence-electron chi connectivity index (χ0n) is 12.8. The van der Waals surface area contributed by atoms with Crippen molar-refractivity contribution >= 4 is 11.5 Å². The van der Waals surface area contributed by atoms with Crippen molar-refractivity contribution in [3.63, 3.8) is 0 Å². The average Bonchev–Trinajstić information content (AvgIpc) is 2.48. The summed E-state index contributed by atoms with van der Waals surface area (Å²) in [5, 5.41) is 3.33. The lowest BCUT2D eigenvalue weighted by Gasteiger charge is -2.14. The van der Waals surface area contributed by atoms with Crippen molar-refractivity contribution in [3.05, 3.63) is 77.5 Å². The van der Waals surface area contributed by atoms with Crippen LogP contribution in [0.1, 0.15) is 42.6 Å². The number of carbonyl (C=O) groups is 1. The highest BCUT2D eigenvalue weighted by Gasteiger charge is 2.07. The third-order valence-corrected chi connectivity index (χ3v) is 3.32. The number of anilines is 1. The lowest BCUT2D eigenvalue weighted by atomic mass is 10.0. The van der Waals surface area contributed by atoms with Crippen LogP contribution in [0.5, 0.6) is 0 Å². The number of hydrogen-bond donors (Lipinski definition) is 1. The fourth-order valence-electron chi connectivity index (χ4n) is 2.25. The van der Waals surface area contributed by atoms with Crippen LogP contribution >= 0.6 is 0 Å². The smallest absolute Gasteiger partial charge is 0.187 e. The van der Waals surface area contributed by atoms with Crippen molar-refractivity contribution in [2.24, 2.45) is 0 Å². The predicted molar refractivity (Wildman–Crippen MR) is 88.7 cm³/mol. The van der Waals surface area contributed by atoms with Gasteiger partial charge in [-0.15, -0.1) is 0 Å². The Morgan fingerprint density at radius 2 is 1.62 bits per heavy atom. The Morgan fingerprint density at radius 1 is 1.00 bits per heavy atom. The Kier molecular flexibility index (Phi) is 4.94. The largest absolute Gasteiger partial charge is 0.359 e. The van der Waals surface area contributed by atoms with E-state index < -0.39 is 0 Å². The normalized spacial score (nSPS) is 11.5. The second-order valence-corrected chi connectivity index (χ2v) is 5.42. The van der Waals surface area contributed by atoms with Crippen LogP contribution < -0.4 is 5.32 Å². The second-order valence-electron chi connectivity index (χ2n) is 5.42. The van der Waals surface area contributed by atoms with Gasteiger partial charge in [-0.1, -0.05) is 62.4 Å². The van der Waals surface area contributed by atoms with Crippen LogP contribution in [0.15, 0.2) is 66.4 Å². The van der Waals surface area contributed by atoms with Gasteiger partial charge in [-0.25, -0.2) is 0 Å². The molecule has 0 saturated heterocycles. The van der Waals surface area contributed by atoms with Crippen molar-refractivity contribution in [1.29, 1.82) is 0 Å². The quantitative estimate of drug-likeness (QED) is 0.616. The molecule has 108 valence electrons. The maximum Gasteiger partial charge on any atom is 0.187 e. The Hall–Kier alpha value is -2.35. The van der Waals surface area contributed by atoms with E-state index in [1.54, 1.807) is 6.08 Å². The first-order valence-electron chi connectivity index (χ1n) is 7.21. The van der Waals surface area contributed by atoms with Gasteiger partial charge in [-0.3, -0.25) is 4.79 Å². The van der Waals surface area contributed by atoms with Crippen molar-refractivity contribution in [3.8, 4) is 0 Å². The molecule has 2 aromatic carbocycles. The minimum Gasteiger partial charge on any atom is -0.359 e. The van der Waals surface area contributed by atoms with Crippen LogP contribution in [-0.2, 0) is 0 Å². The molecule has 0 aromatic heterocycles. The van der Waals surface area contributed by atoms with Crippen LogP contribution in [0.3, 0.4) is 0 Å². The summed E-state index contributed by atoms with van der Waals surface area (Å²) < 4.78 is 0. The van der Waals surface area contributed by atoms with E-state index in [-0.39, 0.29) is 5.78 Å². The molecule has 0 atom stereocenters. The second kappa shape index (κ2) is 6.89. The van der Waals surface area contributed by atoms with E-state index in [1.165, 1.54) is 5.56 Å². The fraction of sp³-hybridized carbons (Fsp3) is 0.211. The summed E-state index contributed by atoms with van der Waals surface area (Å²) in [6.07, 6.45) is 1.65. The first-order chi connectivity index (χ1) is 10.1. The van der Waals surface area contributed by atoms with Gasteiger partial charge in [0, 0.05) is 23.0 Å². The molecule has 0 unspecified atom stereocenters. The average molecular weight is 279 g/mol. The molecule has 0 aliphatic carbocycles. The van der Waals surface area contributed by atoms with Gasteiger partial charge >= 0.3 is 0 Å². The van der Waals surface area contributed by atoms with Crippen LogP contribution in [-0.4, -0.2) is 5.78 Å². The monoisotopic (exact) mass is 279 g/mol. The molecule has 0 radical (unpaired) electrons. The molecule has 21 heavy (non-hydrogen) atoms. The third kappa shape index (κ3) is 4.06. The molecule has 0 spiro atoms. The van der Waals surface area contributed by atoms with Gasteiger partial charge in [0.05, 0.1) is 0 Å². The third-order valence-electron chi connectivity index (χ3n) is 3.32. The zero-order chi connectivity index (χ0) is 15.2. The van der Waals surface area contributed by atoms with E-state index in [1.807, 2.05) is 55.5 Å². The minimum absolute atomic E-state index is 0.0163. The molecule has 0 bridgehead atoms. The number of rotatable bonds is 5. The standard InChI is InChI=1S/C19H21NO/c1-14(2)17-11-7-8-12-18(17)20-15(3)13-19(21)16-9-5-4-6-10-16/h4-14,20H,1-3H3. The highest BCUT2D eigenvalue weighted by atomic mass is 16.1. The maximum atomic E-state index is 12.1. The number of para-hydroxylation sites is 1.